The first kappa shape index (κ1) is 20.5. The van der Waals surface area contributed by atoms with Crippen LogP contribution in [0.3, 0.4) is 0 Å². The van der Waals surface area contributed by atoms with Gasteiger partial charge in [0.2, 0.25) is 5.91 Å². The largest absolute Gasteiger partial charge is 0.508 e. The highest BCUT2D eigenvalue weighted by Gasteiger charge is 2.12. The zero-order valence-electron chi connectivity index (χ0n) is 15.3. The number of nitrogens with two attached hydrogens (primary N) is 1. The Bertz CT molecular complexity index is 1010. The molecule has 1 aromatic carbocycles. The lowest BCUT2D eigenvalue weighted by Gasteiger charge is -2.14. The van der Waals surface area contributed by atoms with Gasteiger partial charge < -0.3 is 21.3 Å². The van der Waals surface area contributed by atoms with Gasteiger partial charge in [0.05, 0.1) is 17.8 Å². The molecule has 0 spiro atoms. The van der Waals surface area contributed by atoms with Crippen LogP contribution in [0.4, 0.5) is 11.5 Å². The number of anilines is 2. The van der Waals surface area contributed by atoms with Crippen LogP contribution in [-0.2, 0) is 17.8 Å². The number of aliphatic hydroxyl groups excluding tert-OH is 1. The highest BCUT2D eigenvalue weighted by Crippen LogP contribution is 2.22. The molecular formula is C20H20ClN5O3. The fraction of sp³-hybridized carbons (Fsp3) is 0.150. The molecule has 1 unspecified atom stereocenters. The summed E-state index contributed by atoms with van der Waals surface area (Å²) in [6, 6.07) is 12.9. The van der Waals surface area contributed by atoms with Gasteiger partial charge in [-0.15, -0.1) is 0 Å². The number of nitrogen functional groups attached to an aromatic ring is 1. The molecule has 150 valence electrons. The van der Waals surface area contributed by atoms with Gasteiger partial charge in [0.15, 0.2) is 0 Å². The second kappa shape index (κ2) is 9.33. The average Bonchev–Trinajstić information content (AvgIpc) is 2.69. The molecule has 6 N–H and O–H groups in total. The molecule has 0 aliphatic heterocycles. The molecule has 3 aromatic rings. The Morgan fingerprint density at radius 1 is 1.21 bits per heavy atom. The number of amides is 1. The molecule has 0 saturated heterocycles. The predicted molar refractivity (Wildman–Crippen MR) is 110 cm³/mol. The van der Waals surface area contributed by atoms with Gasteiger partial charge in [-0.1, -0.05) is 17.7 Å². The highest BCUT2D eigenvalue weighted by molar-refractivity contribution is 6.30. The van der Waals surface area contributed by atoms with Gasteiger partial charge in [-0.25, -0.2) is 4.98 Å². The second-order valence-electron chi connectivity index (χ2n) is 6.30. The van der Waals surface area contributed by atoms with Gasteiger partial charge in [-0.2, -0.15) is 0 Å². The number of phenolic OH excluding ortho intramolecular Hbond substituents is 1. The van der Waals surface area contributed by atoms with E-state index >= 15 is 0 Å². The molecule has 9 heteroatoms. The van der Waals surface area contributed by atoms with Gasteiger partial charge in [-0.05, 0) is 42.5 Å². The lowest BCUT2D eigenvalue weighted by Crippen LogP contribution is -2.22. The second-order valence-corrected chi connectivity index (χ2v) is 6.74. The van der Waals surface area contributed by atoms with Gasteiger partial charge in [0.25, 0.3) is 0 Å². The van der Waals surface area contributed by atoms with Crippen LogP contribution in [-0.4, -0.2) is 26.1 Å². The van der Waals surface area contributed by atoms with Crippen molar-refractivity contribution in [1.29, 1.82) is 0 Å². The first-order chi connectivity index (χ1) is 13.9. The molecule has 0 saturated carbocycles. The molecule has 0 bridgehead atoms. The Hall–Kier alpha value is -3.20. The van der Waals surface area contributed by atoms with Crippen LogP contribution in [0.2, 0.25) is 5.02 Å². The number of carbonyl (C=O) groups excluding carboxylic acids is 1. The molecule has 1 atom stereocenters. The third-order valence-electron chi connectivity index (χ3n) is 4.04. The van der Waals surface area contributed by atoms with Crippen molar-refractivity contribution < 1.29 is 15.0 Å². The molecule has 8 nitrogen and oxygen atoms in total. The number of hydrogen-bond donors (Lipinski definition) is 5. The Labute approximate surface area is 172 Å². The van der Waals surface area contributed by atoms with E-state index in [2.05, 4.69) is 20.6 Å². The Balaban J connectivity index is 1.61. The number of aliphatic hydroxyl groups is 1. The highest BCUT2D eigenvalue weighted by atomic mass is 35.5. The molecule has 0 aliphatic rings. The first-order valence-electron chi connectivity index (χ1n) is 8.77. The number of phenols is 1. The standard InChI is InChI=1S/C20H20ClN5O3/c21-13-4-5-17(27)12(8-13)9-19(28)26-14-6-7-23-16(10-14)20(29)24-11-15-2-1-3-18(22)25-15/h1-8,10,20,24,27,29H,9,11H2,(H2,22,25)(H,23,26,28). The quantitative estimate of drug-likeness (QED) is 0.375. The maximum atomic E-state index is 12.3. The van der Waals surface area contributed by atoms with Crippen molar-refractivity contribution in [3.63, 3.8) is 0 Å². The van der Waals surface area contributed by atoms with Crippen LogP contribution in [0.25, 0.3) is 0 Å². The summed E-state index contributed by atoms with van der Waals surface area (Å²) < 4.78 is 0. The predicted octanol–water partition coefficient (Wildman–Crippen LogP) is 2.38. The van der Waals surface area contributed by atoms with E-state index in [1.54, 1.807) is 36.4 Å². The molecule has 29 heavy (non-hydrogen) atoms. The third-order valence-corrected chi connectivity index (χ3v) is 4.28. The van der Waals surface area contributed by atoms with Crippen molar-refractivity contribution in [2.75, 3.05) is 11.1 Å². The lowest BCUT2D eigenvalue weighted by atomic mass is 10.1. The van der Waals surface area contributed by atoms with Crippen molar-refractivity contribution in [2.24, 2.45) is 0 Å². The smallest absolute Gasteiger partial charge is 0.228 e. The van der Waals surface area contributed by atoms with Crippen LogP contribution in [0.15, 0.2) is 54.7 Å². The molecule has 0 radical (unpaired) electrons. The lowest BCUT2D eigenvalue weighted by molar-refractivity contribution is -0.115. The Kier molecular flexibility index (Phi) is 6.61. The number of aromatic nitrogens is 2. The number of pyridine rings is 2. The van der Waals surface area contributed by atoms with Crippen LogP contribution in [0.1, 0.15) is 23.2 Å². The minimum atomic E-state index is -1.06. The topological polar surface area (TPSA) is 133 Å². The van der Waals surface area contributed by atoms with E-state index in [1.807, 2.05) is 0 Å². The van der Waals surface area contributed by atoms with E-state index in [1.165, 1.54) is 18.3 Å². The molecule has 1 amide bonds. The van der Waals surface area contributed by atoms with E-state index < -0.39 is 6.23 Å². The normalized spacial score (nSPS) is 11.8. The molecule has 2 aromatic heterocycles. The minimum Gasteiger partial charge on any atom is -0.508 e. The fourth-order valence-electron chi connectivity index (χ4n) is 2.65. The van der Waals surface area contributed by atoms with E-state index in [9.17, 15) is 15.0 Å². The summed E-state index contributed by atoms with van der Waals surface area (Å²) in [5, 5.41) is 26.2. The molecule has 2 heterocycles. The number of carbonyl (C=O) groups is 1. The van der Waals surface area contributed by atoms with E-state index in [0.29, 0.717) is 40.0 Å². The number of benzene rings is 1. The zero-order chi connectivity index (χ0) is 20.8. The van der Waals surface area contributed by atoms with E-state index in [-0.39, 0.29) is 18.1 Å². The molecule has 0 aliphatic carbocycles. The van der Waals surface area contributed by atoms with Gasteiger partial charge in [0, 0.05) is 29.0 Å². The molecular weight excluding hydrogens is 394 g/mol. The van der Waals surface area contributed by atoms with Crippen molar-refractivity contribution in [2.45, 2.75) is 19.2 Å². The van der Waals surface area contributed by atoms with Gasteiger partial charge in [-0.3, -0.25) is 15.1 Å². The Morgan fingerprint density at radius 2 is 2.03 bits per heavy atom. The summed E-state index contributed by atoms with van der Waals surface area (Å²) in [4.78, 5) is 20.6. The van der Waals surface area contributed by atoms with E-state index in [4.69, 9.17) is 17.3 Å². The van der Waals surface area contributed by atoms with Crippen LogP contribution in [0.5, 0.6) is 5.75 Å². The molecule has 3 rings (SSSR count). The van der Waals surface area contributed by atoms with Gasteiger partial charge in [0.1, 0.15) is 17.8 Å². The van der Waals surface area contributed by atoms with Crippen LogP contribution < -0.4 is 16.4 Å². The first-order valence-corrected chi connectivity index (χ1v) is 9.14. The van der Waals surface area contributed by atoms with Crippen LogP contribution >= 0.6 is 11.6 Å². The minimum absolute atomic E-state index is 0.00486. The summed E-state index contributed by atoms with van der Waals surface area (Å²) in [6.07, 6.45) is 0.365. The summed E-state index contributed by atoms with van der Waals surface area (Å²) in [7, 11) is 0. The summed E-state index contributed by atoms with van der Waals surface area (Å²) in [5.74, 6) is 0.0493. The summed E-state index contributed by atoms with van der Waals surface area (Å²) in [5.41, 5.74) is 7.52. The van der Waals surface area contributed by atoms with Crippen LogP contribution in [0, 0.1) is 0 Å². The maximum Gasteiger partial charge on any atom is 0.228 e. The number of aromatic hydroxyl groups is 1. The summed E-state index contributed by atoms with van der Waals surface area (Å²) >= 11 is 5.90. The van der Waals surface area contributed by atoms with E-state index in [0.717, 1.165) is 0 Å². The average molecular weight is 414 g/mol. The SMILES string of the molecule is Nc1cccc(CNC(O)c2cc(NC(=O)Cc3cc(Cl)ccc3O)ccn2)n1. The van der Waals surface area contributed by atoms with Crippen molar-refractivity contribution in [1.82, 2.24) is 15.3 Å². The Morgan fingerprint density at radius 3 is 2.83 bits per heavy atom. The number of hydrogen-bond acceptors (Lipinski definition) is 7. The number of rotatable bonds is 7. The maximum absolute atomic E-state index is 12.3. The fourth-order valence-corrected chi connectivity index (χ4v) is 2.85. The number of nitrogens with one attached hydrogen (secondary N) is 2. The summed E-state index contributed by atoms with van der Waals surface area (Å²) in [6.45, 7) is 0.290. The third kappa shape index (κ3) is 5.89. The van der Waals surface area contributed by atoms with Crippen molar-refractivity contribution in [3.8, 4) is 5.75 Å². The van der Waals surface area contributed by atoms with Crippen molar-refractivity contribution >= 4 is 29.0 Å². The monoisotopic (exact) mass is 413 g/mol. The number of halogens is 1. The number of nitrogens with zero attached hydrogens (tertiary/aromatic N) is 2. The van der Waals surface area contributed by atoms with Gasteiger partial charge >= 0.3 is 0 Å². The van der Waals surface area contributed by atoms with Crippen molar-refractivity contribution in [3.05, 3.63) is 76.7 Å². The molecule has 0 fully saturated rings. The zero-order valence-corrected chi connectivity index (χ0v) is 16.1.